The largest absolute Gasteiger partial charge is 0.477 e. The van der Waals surface area contributed by atoms with Crippen molar-refractivity contribution in [2.24, 2.45) is 5.92 Å². The molecule has 118 valence electrons. The van der Waals surface area contributed by atoms with Crippen molar-refractivity contribution in [2.45, 2.75) is 40.3 Å². The second-order valence-corrected chi connectivity index (χ2v) is 5.67. The summed E-state index contributed by atoms with van der Waals surface area (Å²) in [7, 11) is 0. The molecule has 1 unspecified atom stereocenters. The molecular weight excluding hydrogens is 290 g/mol. The van der Waals surface area contributed by atoms with Gasteiger partial charge in [0.05, 0.1) is 11.6 Å². The molecule has 4 nitrogen and oxygen atoms in total. The predicted molar refractivity (Wildman–Crippen MR) is 84.7 cm³/mol. The summed E-state index contributed by atoms with van der Waals surface area (Å²) in [6, 6.07) is 5.56. The molecule has 0 bridgehead atoms. The number of nitrogens with one attached hydrogen (secondary N) is 1. The zero-order valence-corrected chi connectivity index (χ0v) is 13.9. The predicted octanol–water partition coefficient (Wildman–Crippen LogP) is 3.42. The minimum absolute atomic E-state index is 0.331. The first-order chi connectivity index (χ1) is 9.95. The molecule has 0 aliphatic heterocycles. The molecule has 1 N–H and O–H groups in total. The van der Waals surface area contributed by atoms with Gasteiger partial charge in [-0.3, -0.25) is 0 Å². The minimum atomic E-state index is -0.686. The Morgan fingerprint density at radius 2 is 2.05 bits per heavy atom. The molecule has 5 heteroatoms. The van der Waals surface area contributed by atoms with Crippen molar-refractivity contribution in [2.75, 3.05) is 13.2 Å². The Bertz CT molecular complexity index is 463. The van der Waals surface area contributed by atoms with Gasteiger partial charge in [-0.15, -0.1) is 0 Å². The van der Waals surface area contributed by atoms with E-state index in [4.69, 9.17) is 21.1 Å². The number of carbonyl (C=O) groups is 1. The zero-order chi connectivity index (χ0) is 15.8. The van der Waals surface area contributed by atoms with E-state index in [0.717, 1.165) is 12.1 Å². The fourth-order valence-electron chi connectivity index (χ4n) is 1.80. The average Bonchev–Trinajstić information content (AvgIpc) is 2.42. The summed E-state index contributed by atoms with van der Waals surface area (Å²) in [5, 5.41) is 3.84. The van der Waals surface area contributed by atoms with Crippen molar-refractivity contribution < 1.29 is 14.3 Å². The number of esters is 1. The third kappa shape index (κ3) is 5.94. The first-order valence-electron chi connectivity index (χ1n) is 7.27. The monoisotopic (exact) mass is 313 g/mol. The molecule has 1 aromatic rings. The topological polar surface area (TPSA) is 47.6 Å². The molecule has 0 saturated heterocycles. The van der Waals surface area contributed by atoms with E-state index in [1.54, 1.807) is 19.9 Å². The third-order valence-corrected chi connectivity index (χ3v) is 3.13. The molecule has 1 atom stereocenters. The number of benzene rings is 1. The van der Waals surface area contributed by atoms with Gasteiger partial charge < -0.3 is 14.8 Å². The van der Waals surface area contributed by atoms with Gasteiger partial charge in [0, 0.05) is 12.1 Å². The van der Waals surface area contributed by atoms with Crippen LogP contribution in [0.25, 0.3) is 0 Å². The highest BCUT2D eigenvalue weighted by molar-refractivity contribution is 6.32. The lowest BCUT2D eigenvalue weighted by Crippen LogP contribution is -2.27. The summed E-state index contributed by atoms with van der Waals surface area (Å²) in [6.45, 7) is 9.59. The fourth-order valence-corrected chi connectivity index (χ4v) is 2.04. The van der Waals surface area contributed by atoms with Crippen molar-refractivity contribution in [3.8, 4) is 5.75 Å². The van der Waals surface area contributed by atoms with Crippen LogP contribution in [0.4, 0.5) is 0 Å². The van der Waals surface area contributed by atoms with Gasteiger partial charge in [0.15, 0.2) is 6.10 Å². The van der Waals surface area contributed by atoms with Gasteiger partial charge in [0.25, 0.3) is 0 Å². The number of hydrogen-bond donors (Lipinski definition) is 1. The molecule has 21 heavy (non-hydrogen) atoms. The van der Waals surface area contributed by atoms with Gasteiger partial charge in [0.2, 0.25) is 0 Å². The van der Waals surface area contributed by atoms with E-state index in [1.807, 2.05) is 12.1 Å². The van der Waals surface area contributed by atoms with E-state index in [1.165, 1.54) is 0 Å². The average molecular weight is 314 g/mol. The number of para-hydroxylation sites is 1. The van der Waals surface area contributed by atoms with Crippen LogP contribution in [0.15, 0.2) is 18.2 Å². The standard InChI is InChI=1S/C16H24ClNO3/c1-5-20-16(19)12(4)21-15-13(7-6-8-14(15)17)10-18-9-11(2)3/h6-8,11-12,18H,5,9-10H2,1-4H3. The number of hydrogen-bond acceptors (Lipinski definition) is 4. The molecule has 1 aromatic carbocycles. The lowest BCUT2D eigenvalue weighted by molar-refractivity contribution is -0.150. The maximum atomic E-state index is 11.7. The van der Waals surface area contributed by atoms with Crippen LogP contribution >= 0.6 is 11.6 Å². The first-order valence-corrected chi connectivity index (χ1v) is 7.64. The van der Waals surface area contributed by atoms with Crippen LogP contribution in [0.5, 0.6) is 5.75 Å². The van der Waals surface area contributed by atoms with E-state index >= 15 is 0 Å². The summed E-state index contributed by atoms with van der Waals surface area (Å²) in [5.41, 5.74) is 0.930. The summed E-state index contributed by atoms with van der Waals surface area (Å²) in [4.78, 5) is 11.7. The highest BCUT2D eigenvalue weighted by Gasteiger charge is 2.19. The summed E-state index contributed by atoms with van der Waals surface area (Å²) in [6.07, 6.45) is -0.686. The lowest BCUT2D eigenvalue weighted by atomic mass is 10.1. The Hall–Kier alpha value is -1.26. The Morgan fingerprint density at radius 3 is 2.67 bits per heavy atom. The van der Waals surface area contributed by atoms with E-state index in [2.05, 4.69) is 19.2 Å². The molecule has 0 aromatic heterocycles. The van der Waals surface area contributed by atoms with Gasteiger partial charge in [-0.25, -0.2) is 4.79 Å². The highest BCUT2D eigenvalue weighted by atomic mass is 35.5. The maximum absolute atomic E-state index is 11.7. The lowest BCUT2D eigenvalue weighted by Gasteiger charge is -2.18. The van der Waals surface area contributed by atoms with Crippen LogP contribution in [0, 0.1) is 5.92 Å². The Morgan fingerprint density at radius 1 is 1.33 bits per heavy atom. The van der Waals surface area contributed by atoms with Crippen molar-refractivity contribution in [1.82, 2.24) is 5.32 Å². The number of carbonyl (C=O) groups excluding carboxylic acids is 1. The Labute approximate surface area is 131 Å². The van der Waals surface area contributed by atoms with Crippen molar-refractivity contribution in [3.05, 3.63) is 28.8 Å². The second-order valence-electron chi connectivity index (χ2n) is 5.26. The van der Waals surface area contributed by atoms with Crippen molar-refractivity contribution >= 4 is 17.6 Å². The van der Waals surface area contributed by atoms with E-state index in [-0.39, 0.29) is 0 Å². The minimum Gasteiger partial charge on any atom is -0.477 e. The van der Waals surface area contributed by atoms with E-state index < -0.39 is 12.1 Å². The van der Waals surface area contributed by atoms with E-state index in [0.29, 0.717) is 29.8 Å². The fraction of sp³-hybridized carbons (Fsp3) is 0.562. The second kappa shape index (κ2) is 8.90. The maximum Gasteiger partial charge on any atom is 0.347 e. The van der Waals surface area contributed by atoms with Crippen LogP contribution in [-0.4, -0.2) is 25.2 Å². The van der Waals surface area contributed by atoms with Crippen LogP contribution in [0.3, 0.4) is 0 Å². The molecule has 0 aliphatic rings. The molecule has 0 saturated carbocycles. The summed E-state index contributed by atoms with van der Waals surface area (Å²) < 4.78 is 10.6. The highest BCUT2D eigenvalue weighted by Crippen LogP contribution is 2.29. The Kier molecular flexibility index (Phi) is 7.54. The number of ether oxygens (including phenoxy) is 2. The molecule has 0 heterocycles. The van der Waals surface area contributed by atoms with E-state index in [9.17, 15) is 4.79 Å². The zero-order valence-electron chi connectivity index (χ0n) is 13.1. The molecular formula is C16H24ClNO3. The number of rotatable bonds is 8. The van der Waals surface area contributed by atoms with Crippen molar-refractivity contribution in [3.63, 3.8) is 0 Å². The van der Waals surface area contributed by atoms with Gasteiger partial charge in [-0.1, -0.05) is 37.6 Å². The molecule has 0 amide bonds. The van der Waals surface area contributed by atoms with Gasteiger partial charge in [-0.05, 0) is 32.4 Å². The summed E-state index contributed by atoms with van der Waals surface area (Å²) >= 11 is 6.19. The van der Waals surface area contributed by atoms with Crippen LogP contribution in [0.1, 0.15) is 33.3 Å². The third-order valence-electron chi connectivity index (χ3n) is 2.83. The van der Waals surface area contributed by atoms with Gasteiger partial charge >= 0.3 is 5.97 Å². The normalized spacial score (nSPS) is 12.3. The summed E-state index contributed by atoms with van der Waals surface area (Å²) in [5.74, 6) is 0.710. The van der Waals surface area contributed by atoms with Crippen LogP contribution in [0.2, 0.25) is 5.02 Å². The molecule has 0 aliphatic carbocycles. The van der Waals surface area contributed by atoms with Crippen LogP contribution < -0.4 is 10.1 Å². The van der Waals surface area contributed by atoms with Gasteiger partial charge in [-0.2, -0.15) is 0 Å². The first kappa shape index (κ1) is 17.8. The SMILES string of the molecule is CCOC(=O)C(C)Oc1c(Cl)cccc1CNCC(C)C. The number of halogens is 1. The quantitative estimate of drug-likeness (QED) is 0.747. The Balaban J connectivity index is 2.77. The molecule has 0 fully saturated rings. The smallest absolute Gasteiger partial charge is 0.347 e. The van der Waals surface area contributed by atoms with Crippen LogP contribution in [-0.2, 0) is 16.1 Å². The van der Waals surface area contributed by atoms with Crippen molar-refractivity contribution in [1.29, 1.82) is 0 Å². The molecule has 0 radical (unpaired) electrons. The molecule has 0 spiro atoms. The molecule has 1 rings (SSSR count). The van der Waals surface area contributed by atoms with Gasteiger partial charge in [0.1, 0.15) is 5.75 Å².